The minimum absolute atomic E-state index is 0. The Hall–Kier alpha value is -1.04. The number of anilines is 1. The van der Waals surface area contributed by atoms with Gasteiger partial charge in [-0.1, -0.05) is 40.6 Å². The van der Waals surface area contributed by atoms with Gasteiger partial charge in [-0.05, 0) is 29.8 Å². The lowest BCUT2D eigenvalue weighted by Crippen LogP contribution is -1.85. The maximum atomic E-state index is 6.07. The number of benzene rings is 1. The van der Waals surface area contributed by atoms with E-state index < -0.39 is 0 Å². The summed E-state index contributed by atoms with van der Waals surface area (Å²) in [7, 11) is 0. The van der Waals surface area contributed by atoms with Gasteiger partial charge in [-0.3, -0.25) is 4.98 Å². The summed E-state index contributed by atoms with van der Waals surface area (Å²) in [6.45, 7) is 0. The molecule has 0 aliphatic rings. The molecule has 8 heteroatoms. The molecule has 0 saturated carbocycles. The van der Waals surface area contributed by atoms with Gasteiger partial charge in [0.15, 0.2) is 5.13 Å². The van der Waals surface area contributed by atoms with Gasteiger partial charge in [0.05, 0.1) is 20.6 Å². The zero-order valence-corrected chi connectivity index (χ0v) is 15.0. The van der Waals surface area contributed by atoms with Crippen LogP contribution in [0.25, 0.3) is 21.7 Å². The van der Waals surface area contributed by atoms with E-state index in [1.165, 1.54) is 11.3 Å². The van der Waals surface area contributed by atoms with Crippen LogP contribution in [0.1, 0.15) is 0 Å². The predicted molar refractivity (Wildman–Crippen MR) is 99.7 cm³/mol. The summed E-state index contributed by atoms with van der Waals surface area (Å²) in [4.78, 5) is 9.41. The van der Waals surface area contributed by atoms with E-state index in [0.717, 1.165) is 21.7 Å². The molecule has 0 aliphatic heterocycles. The predicted octanol–water partition coefficient (Wildman–Crippen LogP) is 5.60. The van der Waals surface area contributed by atoms with E-state index in [1.807, 2.05) is 18.2 Å². The molecular formula is C14H11Cl4N3S. The fourth-order valence-corrected chi connectivity index (χ4v) is 3.03. The summed E-state index contributed by atoms with van der Waals surface area (Å²) >= 11 is 13.5. The molecule has 0 spiro atoms. The number of halogens is 4. The zero-order chi connectivity index (χ0) is 14.1. The number of nitrogen functional groups attached to an aromatic ring is 1. The lowest BCUT2D eigenvalue weighted by molar-refractivity contribution is 1.33. The topological polar surface area (TPSA) is 51.8 Å². The van der Waals surface area contributed by atoms with Crippen molar-refractivity contribution in [3.8, 4) is 21.7 Å². The minimum Gasteiger partial charge on any atom is -0.375 e. The van der Waals surface area contributed by atoms with Crippen LogP contribution in [0.5, 0.6) is 0 Å². The quantitative estimate of drug-likeness (QED) is 0.614. The lowest BCUT2D eigenvalue weighted by atomic mass is 10.1. The number of rotatable bonds is 2. The van der Waals surface area contributed by atoms with E-state index >= 15 is 0 Å². The van der Waals surface area contributed by atoms with Crippen molar-refractivity contribution in [3.63, 3.8) is 0 Å². The Balaban J connectivity index is 0.00000121. The molecule has 0 amide bonds. The van der Waals surface area contributed by atoms with Crippen LogP contribution in [0.4, 0.5) is 5.13 Å². The van der Waals surface area contributed by atoms with Gasteiger partial charge < -0.3 is 5.73 Å². The number of nitrogens with zero attached hydrogens (tertiary/aromatic N) is 2. The monoisotopic (exact) mass is 393 g/mol. The molecule has 2 aromatic heterocycles. The van der Waals surface area contributed by atoms with Crippen LogP contribution in [-0.2, 0) is 0 Å². The minimum atomic E-state index is 0. The van der Waals surface area contributed by atoms with E-state index in [2.05, 4.69) is 9.97 Å². The highest BCUT2D eigenvalue weighted by molar-refractivity contribution is 7.19. The fourth-order valence-electron chi connectivity index (χ4n) is 1.87. The Morgan fingerprint density at radius 2 is 1.59 bits per heavy atom. The Kier molecular flexibility index (Phi) is 6.91. The molecule has 116 valence electrons. The molecule has 0 radical (unpaired) electrons. The van der Waals surface area contributed by atoms with Crippen LogP contribution in [0.2, 0.25) is 10.0 Å². The van der Waals surface area contributed by atoms with Crippen molar-refractivity contribution < 1.29 is 0 Å². The van der Waals surface area contributed by atoms with Crippen LogP contribution in [0.15, 0.2) is 42.7 Å². The average molecular weight is 395 g/mol. The van der Waals surface area contributed by atoms with Gasteiger partial charge in [-0.25, -0.2) is 4.98 Å². The smallest absolute Gasteiger partial charge is 0.181 e. The summed E-state index contributed by atoms with van der Waals surface area (Å²) in [6.07, 6.45) is 3.48. The summed E-state index contributed by atoms with van der Waals surface area (Å²) in [5, 5.41) is 1.53. The molecule has 0 unspecified atom stereocenters. The molecule has 0 bridgehead atoms. The number of pyridine rings is 1. The first-order valence-corrected chi connectivity index (χ1v) is 7.34. The normalized spacial score (nSPS) is 9.73. The number of hydrogen-bond donors (Lipinski definition) is 1. The van der Waals surface area contributed by atoms with Crippen molar-refractivity contribution in [1.82, 2.24) is 9.97 Å². The Morgan fingerprint density at radius 1 is 0.909 bits per heavy atom. The van der Waals surface area contributed by atoms with Gasteiger partial charge in [-0.15, -0.1) is 24.8 Å². The van der Waals surface area contributed by atoms with Crippen LogP contribution in [0, 0.1) is 0 Å². The molecular weight excluding hydrogens is 384 g/mol. The SMILES string of the molecule is Cl.Cl.Nc1nc(-c2ccc(Cl)c(Cl)c2)c(-c2ccncc2)s1. The van der Waals surface area contributed by atoms with Crippen molar-refractivity contribution in [2.75, 3.05) is 5.73 Å². The average Bonchev–Trinajstić information content (AvgIpc) is 2.85. The second kappa shape index (κ2) is 7.99. The van der Waals surface area contributed by atoms with Crippen molar-refractivity contribution in [1.29, 1.82) is 0 Å². The molecule has 0 atom stereocenters. The Morgan fingerprint density at radius 3 is 2.23 bits per heavy atom. The standard InChI is InChI=1S/C14H9Cl2N3S.2ClH/c15-10-2-1-9(7-11(10)16)12-13(20-14(17)19-12)8-3-5-18-6-4-8;;/h1-7H,(H2,17,19);2*1H. The van der Waals surface area contributed by atoms with Crippen molar-refractivity contribution in [2.24, 2.45) is 0 Å². The molecule has 2 heterocycles. The number of aromatic nitrogens is 2. The van der Waals surface area contributed by atoms with Gasteiger partial charge in [0.25, 0.3) is 0 Å². The van der Waals surface area contributed by atoms with Gasteiger partial charge in [-0.2, -0.15) is 0 Å². The molecule has 3 rings (SSSR count). The first-order chi connectivity index (χ1) is 9.65. The van der Waals surface area contributed by atoms with Gasteiger partial charge in [0, 0.05) is 18.0 Å². The third kappa shape index (κ3) is 3.83. The highest BCUT2D eigenvalue weighted by Crippen LogP contribution is 2.39. The van der Waals surface area contributed by atoms with E-state index in [-0.39, 0.29) is 24.8 Å². The summed E-state index contributed by atoms with van der Waals surface area (Å²) in [5.41, 5.74) is 8.57. The third-order valence-electron chi connectivity index (χ3n) is 2.78. The second-order valence-electron chi connectivity index (χ2n) is 4.09. The van der Waals surface area contributed by atoms with Crippen LogP contribution >= 0.6 is 59.4 Å². The molecule has 0 fully saturated rings. The van der Waals surface area contributed by atoms with Crippen LogP contribution < -0.4 is 5.73 Å². The maximum Gasteiger partial charge on any atom is 0.181 e. The molecule has 1 aromatic carbocycles. The number of thiazole rings is 1. The van der Waals surface area contributed by atoms with E-state index in [9.17, 15) is 0 Å². The maximum absolute atomic E-state index is 6.07. The number of nitrogens with two attached hydrogens (primary N) is 1. The molecule has 0 aliphatic carbocycles. The summed E-state index contributed by atoms with van der Waals surface area (Å²) < 4.78 is 0. The van der Waals surface area contributed by atoms with E-state index in [1.54, 1.807) is 24.5 Å². The highest BCUT2D eigenvalue weighted by Gasteiger charge is 2.14. The van der Waals surface area contributed by atoms with Crippen LogP contribution in [0.3, 0.4) is 0 Å². The van der Waals surface area contributed by atoms with Crippen molar-refractivity contribution in [3.05, 3.63) is 52.8 Å². The first kappa shape index (κ1) is 19.0. The van der Waals surface area contributed by atoms with E-state index in [0.29, 0.717) is 15.2 Å². The molecule has 0 saturated heterocycles. The Labute approximate surface area is 154 Å². The highest BCUT2D eigenvalue weighted by atomic mass is 35.5. The zero-order valence-electron chi connectivity index (χ0n) is 11.0. The fraction of sp³-hybridized carbons (Fsp3) is 0. The van der Waals surface area contributed by atoms with Crippen molar-refractivity contribution in [2.45, 2.75) is 0 Å². The second-order valence-corrected chi connectivity index (χ2v) is 5.94. The van der Waals surface area contributed by atoms with Gasteiger partial charge in [0.2, 0.25) is 0 Å². The Bertz CT molecular complexity index is 762. The lowest BCUT2D eigenvalue weighted by Gasteiger charge is -2.04. The molecule has 3 nitrogen and oxygen atoms in total. The first-order valence-electron chi connectivity index (χ1n) is 5.77. The largest absolute Gasteiger partial charge is 0.375 e. The van der Waals surface area contributed by atoms with Gasteiger partial charge in [0.1, 0.15) is 0 Å². The summed E-state index contributed by atoms with van der Waals surface area (Å²) in [6, 6.07) is 9.28. The van der Waals surface area contributed by atoms with Crippen LogP contribution in [-0.4, -0.2) is 9.97 Å². The van der Waals surface area contributed by atoms with Gasteiger partial charge >= 0.3 is 0 Å². The summed E-state index contributed by atoms with van der Waals surface area (Å²) in [5.74, 6) is 0. The number of hydrogen-bond acceptors (Lipinski definition) is 4. The van der Waals surface area contributed by atoms with Crippen molar-refractivity contribution >= 4 is 64.5 Å². The van der Waals surface area contributed by atoms with E-state index in [4.69, 9.17) is 28.9 Å². The third-order valence-corrected chi connectivity index (χ3v) is 4.45. The molecule has 2 N–H and O–H groups in total. The molecule has 22 heavy (non-hydrogen) atoms. The molecule has 3 aromatic rings.